The van der Waals surface area contributed by atoms with Gasteiger partial charge in [-0.05, 0) is 42.8 Å². The molecule has 0 radical (unpaired) electrons. The lowest BCUT2D eigenvalue weighted by atomic mass is 10.2. The minimum absolute atomic E-state index is 0.0164. The maximum absolute atomic E-state index is 12.9. The third kappa shape index (κ3) is 6.42. The van der Waals surface area contributed by atoms with Gasteiger partial charge in [0.2, 0.25) is 15.9 Å². The Bertz CT molecular complexity index is 949. The van der Waals surface area contributed by atoms with Crippen molar-refractivity contribution >= 4 is 38.9 Å². The molecule has 0 saturated carbocycles. The van der Waals surface area contributed by atoms with Crippen LogP contribution in [-0.4, -0.2) is 27.1 Å². The number of amides is 1. The molecule has 0 spiro atoms. The van der Waals surface area contributed by atoms with Gasteiger partial charge >= 0.3 is 6.18 Å². The predicted octanol–water partition coefficient (Wildman–Crippen LogP) is 4.54. The van der Waals surface area contributed by atoms with E-state index >= 15 is 0 Å². The van der Waals surface area contributed by atoms with Crippen LogP contribution in [0.3, 0.4) is 0 Å². The van der Waals surface area contributed by atoms with Gasteiger partial charge in [0, 0.05) is 23.7 Å². The molecule has 0 heterocycles. The lowest BCUT2D eigenvalue weighted by Crippen LogP contribution is -2.31. The Morgan fingerprint density at radius 3 is 2.43 bits per heavy atom. The van der Waals surface area contributed by atoms with Gasteiger partial charge in [-0.25, -0.2) is 8.42 Å². The largest absolute Gasteiger partial charge is 0.416 e. The van der Waals surface area contributed by atoms with Crippen LogP contribution in [0.2, 0.25) is 5.02 Å². The van der Waals surface area contributed by atoms with Crippen LogP contribution in [0.1, 0.15) is 18.4 Å². The first-order chi connectivity index (χ1) is 13.0. The summed E-state index contributed by atoms with van der Waals surface area (Å²) in [6, 6.07) is 10.6. The fraction of sp³-hybridized carbons (Fsp3) is 0.278. The molecule has 2 rings (SSSR count). The zero-order valence-electron chi connectivity index (χ0n) is 14.8. The molecule has 1 amide bonds. The van der Waals surface area contributed by atoms with Gasteiger partial charge in [-0.15, -0.1) is 0 Å². The Morgan fingerprint density at radius 2 is 1.82 bits per heavy atom. The van der Waals surface area contributed by atoms with E-state index in [4.69, 9.17) is 11.6 Å². The predicted molar refractivity (Wildman–Crippen MR) is 103 cm³/mol. The molecule has 2 aromatic rings. The standard InChI is InChI=1S/C18H18ClF3N2O3S/c1-28(26,27)24(16-8-2-5-13(11-16)18(20,21)22)10-4-9-17(25)23-15-7-3-6-14(19)12-15/h2-3,5-8,11-12H,4,9-10H2,1H3,(H,23,25). The highest BCUT2D eigenvalue weighted by Gasteiger charge is 2.31. The molecule has 2 aromatic carbocycles. The van der Waals surface area contributed by atoms with Crippen molar-refractivity contribution < 1.29 is 26.4 Å². The summed E-state index contributed by atoms with van der Waals surface area (Å²) in [7, 11) is -3.83. The molecule has 28 heavy (non-hydrogen) atoms. The van der Waals surface area contributed by atoms with Gasteiger partial charge in [-0.2, -0.15) is 13.2 Å². The van der Waals surface area contributed by atoms with Gasteiger partial charge in [0.05, 0.1) is 17.5 Å². The number of sulfonamides is 1. The lowest BCUT2D eigenvalue weighted by molar-refractivity contribution is -0.137. The molecule has 0 atom stereocenters. The maximum Gasteiger partial charge on any atom is 0.416 e. The number of hydrogen-bond acceptors (Lipinski definition) is 3. The minimum atomic E-state index is -4.59. The Morgan fingerprint density at radius 1 is 1.14 bits per heavy atom. The number of rotatable bonds is 7. The topological polar surface area (TPSA) is 66.5 Å². The lowest BCUT2D eigenvalue weighted by Gasteiger charge is -2.23. The Kier molecular flexibility index (Phi) is 6.95. The van der Waals surface area contributed by atoms with Gasteiger partial charge in [0.25, 0.3) is 0 Å². The van der Waals surface area contributed by atoms with Gasteiger partial charge in [-0.1, -0.05) is 23.7 Å². The molecule has 0 fully saturated rings. The molecule has 0 aliphatic carbocycles. The Balaban J connectivity index is 2.05. The molecule has 0 unspecified atom stereocenters. The monoisotopic (exact) mass is 434 g/mol. The van der Waals surface area contributed by atoms with E-state index in [1.165, 1.54) is 6.07 Å². The van der Waals surface area contributed by atoms with Crippen LogP contribution in [0, 0.1) is 0 Å². The van der Waals surface area contributed by atoms with Crippen molar-refractivity contribution in [3.05, 3.63) is 59.1 Å². The highest BCUT2D eigenvalue weighted by molar-refractivity contribution is 7.92. The van der Waals surface area contributed by atoms with Crippen LogP contribution in [-0.2, 0) is 21.0 Å². The van der Waals surface area contributed by atoms with Crippen molar-refractivity contribution in [2.75, 3.05) is 22.4 Å². The zero-order chi connectivity index (χ0) is 20.9. The van der Waals surface area contributed by atoms with Crippen LogP contribution in [0.25, 0.3) is 0 Å². The summed E-state index contributed by atoms with van der Waals surface area (Å²) in [4.78, 5) is 12.0. The van der Waals surface area contributed by atoms with Crippen LogP contribution in [0.5, 0.6) is 0 Å². The van der Waals surface area contributed by atoms with E-state index in [9.17, 15) is 26.4 Å². The summed E-state index contributed by atoms with van der Waals surface area (Å²) in [5.74, 6) is -0.361. The number of carbonyl (C=O) groups excluding carboxylic acids is 1. The summed E-state index contributed by atoms with van der Waals surface area (Å²) in [6.07, 6.45) is -3.58. The van der Waals surface area contributed by atoms with E-state index in [0.29, 0.717) is 10.7 Å². The first-order valence-corrected chi connectivity index (χ1v) is 10.4. The van der Waals surface area contributed by atoms with E-state index < -0.39 is 21.8 Å². The van der Waals surface area contributed by atoms with Gasteiger partial charge in [0.1, 0.15) is 0 Å². The number of anilines is 2. The van der Waals surface area contributed by atoms with Crippen molar-refractivity contribution in [2.24, 2.45) is 0 Å². The van der Waals surface area contributed by atoms with Crippen LogP contribution in [0.4, 0.5) is 24.5 Å². The number of nitrogens with zero attached hydrogens (tertiary/aromatic N) is 1. The maximum atomic E-state index is 12.9. The van der Waals surface area contributed by atoms with E-state index in [0.717, 1.165) is 28.8 Å². The second-order valence-electron chi connectivity index (χ2n) is 6.05. The molecule has 0 aliphatic rings. The van der Waals surface area contributed by atoms with Gasteiger partial charge < -0.3 is 5.32 Å². The summed E-state index contributed by atoms with van der Waals surface area (Å²) in [5.41, 5.74) is -0.555. The van der Waals surface area contributed by atoms with E-state index in [-0.39, 0.29) is 31.0 Å². The highest BCUT2D eigenvalue weighted by Crippen LogP contribution is 2.32. The molecule has 0 aromatic heterocycles. The first kappa shape index (κ1) is 22.0. The summed E-state index contributed by atoms with van der Waals surface area (Å²) < 4.78 is 63.6. The number of carbonyl (C=O) groups is 1. The van der Waals surface area contributed by atoms with Crippen molar-refractivity contribution in [1.82, 2.24) is 0 Å². The van der Waals surface area contributed by atoms with Gasteiger partial charge in [0.15, 0.2) is 0 Å². The number of nitrogens with one attached hydrogen (secondary N) is 1. The first-order valence-electron chi connectivity index (χ1n) is 8.17. The van der Waals surface area contributed by atoms with Gasteiger partial charge in [-0.3, -0.25) is 9.10 Å². The van der Waals surface area contributed by atoms with Crippen molar-refractivity contribution in [1.29, 1.82) is 0 Å². The van der Waals surface area contributed by atoms with Crippen molar-refractivity contribution in [3.63, 3.8) is 0 Å². The van der Waals surface area contributed by atoms with Crippen LogP contribution < -0.4 is 9.62 Å². The van der Waals surface area contributed by atoms with Crippen LogP contribution >= 0.6 is 11.6 Å². The number of halogens is 4. The average molecular weight is 435 g/mol. The number of alkyl halides is 3. The Labute approximate surface area is 166 Å². The fourth-order valence-corrected chi connectivity index (χ4v) is 3.64. The molecular formula is C18H18ClF3N2O3S. The summed E-state index contributed by atoms with van der Waals surface area (Å²) in [5, 5.41) is 3.07. The molecule has 10 heteroatoms. The highest BCUT2D eigenvalue weighted by atomic mass is 35.5. The molecule has 0 bridgehead atoms. The molecule has 5 nitrogen and oxygen atoms in total. The second-order valence-corrected chi connectivity index (χ2v) is 8.39. The SMILES string of the molecule is CS(=O)(=O)N(CCCC(=O)Nc1cccc(Cl)c1)c1cccc(C(F)(F)F)c1. The average Bonchev–Trinajstić information content (AvgIpc) is 2.57. The molecule has 0 aliphatic heterocycles. The third-order valence-corrected chi connectivity index (χ3v) is 5.16. The summed E-state index contributed by atoms with van der Waals surface area (Å²) >= 11 is 5.83. The number of benzene rings is 2. The fourth-order valence-electron chi connectivity index (χ4n) is 2.50. The quantitative estimate of drug-likeness (QED) is 0.695. The van der Waals surface area contributed by atoms with Crippen molar-refractivity contribution in [2.45, 2.75) is 19.0 Å². The second kappa shape index (κ2) is 8.83. The molecule has 152 valence electrons. The zero-order valence-corrected chi connectivity index (χ0v) is 16.4. The van der Waals surface area contributed by atoms with E-state index in [2.05, 4.69) is 5.32 Å². The molecule has 1 N–H and O–H groups in total. The molecular weight excluding hydrogens is 417 g/mol. The van der Waals surface area contributed by atoms with Crippen LogP contribution in [0.15, 0.2) is 48.5 Å². The number of hydrogen-bond donors (Lipinski definition) is 1. The third-order valence-electron chi connectivity index (χ3n) is 3.74. The smallest absolute Gasteiger partial charge is 0.326 e. The summed E-state index contributed by atoms with van der Waals surface area (Å²) in [6.45, 7) is -0.136. The van der Waals surface area contributed by atoms with E-state index in [1.54, 1.807) is 24.3 Å². The normalized spacial score (nSPS) is 11.9. The molecule has 0 saturated heterocycles. The van der Waals surface area contributed by atoms with Crippen molar-refractivity contribution in [3.8, 4) is 0 Å². The van der Waals surface area contributed by atoms with E-state index in [1.807, 2.05) is 0 Å². The minimum Gasteiger partial charge on any atom is -0.326 e. The Hall–Kier alpha value is -2.26.